The third-order valence-electron chi connectivity index (χ3n) is 2.06. The van der Waals surface area contributed by atoms with Gasteiger partial charge in [0.05, 0.1) is 6.61 Å². The van der Waals surface area contributed by atoms with E-state index >= 15 is 0 Å². The van der Waals surface area contributed by atoms with Crippen molar-refractivity contribution >= 4 is 17.7 Å². The van der Waals surface area contributed by atoms with E-state index in [0.29, 0.717) is 0 Å². The molecule has 0 aliphatic carbocycles. The van der Waals surface area contributed by atoms with Crippen LogP contribution >= 0.6 is 0 Å². The standard InChI is InChI=1S/C11H19NO4/c1-2-3-4-5-8-16-11(15)9(13)6-7-10(12)14/h2-8H2,1H3,(H2,12,14). The first-order valence-electron chi connectivity index (χ1n) is 5.56. The summed E-state index contributed by atoms with van der Waals surface area (Å²) in [6.07, 6.45) is 3.67. The van der Waals surface area contributed by atoms with Gasteiger partial charge in [0, 0.05) is 12.8 Å². The summed E-state index contributed by atoms with van der Waals surface area (Å²) >= 11 is 0. The quantitative estimate of drug-likeness (QED) is 0.362. The van der Waals surface area contributed by atoms with Crippen molar-refractivity contribution in [2.75, 3.05) is 6.61 Å². The van der Waals surface area contributed by atoms with Gasteiger partial charge in [-0.2, -0.15) is 0 Å². The molecule has 2 N–H and O–H groups in total. The van der Waals surface area contributed by atoms with Crippen LogP contribution in [0.3, 0.4) is 0 Å². The third-order valence-corrected chi connectivity index (χ3v) is 2.06. The molecule has 0 atom stereocenters. The highest BCUT2D eigenvalue weighted by Gasteiger charge is 2.15. The lowest BCUT2D eigenvalue weighted by molar-refractivity contribution is -0.154. The van der Waals surface area contributed by atoms with Gasteiger partial charge in [-0.05, 0) is 6.42 Å². The molecule has 0 saturated heterocycles. The molecule has 0 fully saturated rings. The van der Waals surface area contributed by atoms with Gasteiger partial charge in [-0.15, -0.1) is 0 Å². The maximum absolute atomic E-state index is 11.1. The zero-order chi connectivity index (χ0) is 12.4. The molecule has 16 heavy (non-hydrogen) atoms. The number of ether oxygens (including phenoxy) is 1. The Hall–Kier alpha value is -1.39. The molecule has 0 radical (unpaired) electrons. The van der Waals surface area contributed by atoms with E-state index in [0.717, 1.165) is 25.7 Å². The highest BCUT2D eigenvalue weighted by Crippen LogP contribution is 2.00. The Kier molecular flexibility index (Phi) is 8.11. The summed E-state index contributed by atoms with van der Waals surface area (Å²) in [5.74, 6) is -2.14. The number of ketones is 1. The maximum Gasteiger partial charge on any atom is 0.374 e. The Bertz CT molecular complexity index is 250. The molecule has 92 valence electrons. The van der Waals surface area contributed by atoms with Gasteiger partial charge in [0.25, 0.3) is 0 Å². The molecule has 0 spiro atoms. The van der Waals surface area contributed by atoms with Crippen LogP contribution in [0.5, 0.6) is 0 Å². The van der Waals surface area contributed by atoms with Crippen LogP contribution in [0, 0.1) is 0 Å². The number of carbonyl (C=O) groups is 3. The van der Waals surface area contributed by atoms with Gasteiger partial charge in [-0.1, -0.05) is 26.2 Å². The van der Waals surface area contributed by atoms with Crippen LogP contribution in [-0.4, -0.2) is 24.3 Å². The summed E-state index contributed by atoms with van der Waals surface area (Å²) in [6, 6.07) is 0. The molecule has 0 unspecified atom stereocenters. The monoisotopic (exact) mass is 229 g/mol. The molecule has 0 aliphatic rings. The number of primary amides is 1. The predicted molar refractivity (Wildman–Crippen MR) is 58.5 cm³/mol. The van der Waals surface area contributed by atoms with Crippen molar-refractivity contribution in [2.45, 2.75) is 45.4 Å². The lowest BCUT2D eigenvalue weighted by atomic mass is 10.2. The highest BCUT2D eigenvalue weighted by molar-refractivity contribution is 6.33. The second-order valence-electron chi connectivity index (χ2n) is 3.59. The van der Waals surface area contributed by atoms with Gasteiger partial charge in [0.2, 0.25) is 11.7 Å². The largest absolute Gasteiger partial charge is 0.460 e. The summed E-state index contributed by atoms with van der Waals surface area (Å²) in [6.45, 7) is 2.35. The van der Waals surface area contributed by atoms with Crippen LogP contribution in [0.1, 0.15) is 45.4 Å². The molecule has 0 aromatic carbocycles. The number of amides is 1. The molecule has 5 nitrogen and oxygen atoms in total. The Balaban J connectivity index is 3.55. The average molecular weight is 229 g/mol. The number of carbonyl (C=O) groups excluding carboxylic acids is 3. The number of nitrogens with two attached hydrogens (primary N) is 1. The summed E-state index contributed by atoms with van der Waals surface area (Å²) in [4.78, 5) is 32.5. The van der Waals surface area contributed by atoms with E-state index in [2.05, 4.69) is 6.92 Å². The second-order valence-corrected chi connectivity index (χ2v) is 3.59. The zero-order valence-electron chi connectivity index (χ0n) is 9.66. The van der Waals surface area contributed by atoms with Crippen molar-refractivity contribution in [1.82, 2.24) is 0 Å². The molecular weight excluding hydrogens is 210 g/mol. The fourth-order valence-corrected chi connectivity index (χ4v) is 1.11. The minimum absolute atomic E-state index is 0.107. The van der Waals surface area contributed by atoms with Gasteiger partial charge < -0.3 is 10.5 Å². The van der Waals surface area contributed by atoms with E-state index in [1.54, 1.807) is 0 Å². The maximum atomic E-state index is 11.1. The smallest absolute Gasteiger partial charge is 0.374 e. The molecule has 0 heterocycles. The van der Waals surface area contributed by atoms with Crippen molar-refractivity contribution in [1.29, 1.82) is 0 Å². The van der Waals surface area contributed by atoms with Crippen molar-refractivity contribution < 1.29 is 19.1 Å². The fraction of sp³-hybridized carbons (Fsp3) is 0.727. The summed E-state index contributed by atoms with van der Waals surface area (Å²) < 4.78 is 4.74. The summed E-state index contributed by atoms with van der Waals surface area (Å²) in [7, 11) is 0. The van der Waals surface area contributed by atoms with Crippen molar-refractivity contribution in [3.05, 3.63) is 0 Å². The number of esters is 1. The molecule has 0 aromatic rings. The molecule has 5 heteroatoms. The Morgan fingerprint density at radius 2 is 1.75 bits per heavy atom. The molecule has 0 rings (SSSR count). The van der Waals surface area contributed by atoms with Gasteiger partial charge in [0.15, 0.2) is 0 Å². The van der Waals surface area contributed by atoms with Gasteiger partial charge in [0.1, 0.15) is 0 Å². The van der Waals surface area contributed by atoms with Crippen LogP contribution in [0.15, 0.2) is 0 Å². The number of hydrogen-bond donors (Lipinski definition) is 1. The SMILES string of the molecule is CCCCCCOC(=O)C(=O)CCC(N)=O. The lowest BCUT2D eigenvalue weighted by Crippen LogP contribution is -2.20. The topological polar surface area (TPSA) is 86.5 Å². The second kappa shape index (κ2) is 8.88. The van der Waals surface area contributed by atoms with Crippen LogP contribution in [0.4, 0.5) is 0 Å². The molecule has 0 saturated carbocycles. The van der Waals surface area contributed by atoms with Crippen molar-refractivity contribution in [3.8, 4) is 0 Å². The number of hydrogen-bond acceptors (Lipinski definition) is 4. The minimum atomic E-state index is -0.863. The van der Waals surface area contributed by atoms with Gasteiger partial charge in [-0.3, -0.25) is 9.59 Å². The molecule has 1 amide bonds. The van der Waals surface area contributed by atoms with E-state index in [-0.39, 0.29) is 19.4 Å². The minimum Gasteiger partial charge on any atom is -0.460 e. The Labute approximate surface area is 95.3 Å². The first-order valence-corrected chi connectivity index (χ1v) is 5.56. The van der Waals surface area contributed by atoms with Crippen LogP contribution in [0.25, 0.3) is 0 Å². The zero-order valence-corrected chi connectivity index (χ0v) is 9.66. The first-order chi connectivity index (χ1) is 7.57. The molecular formula is C11H19NO4. The van der Waals surface area contributed by atoms with Crippen molar-refractivity contribution in [3.63, 3.8) is 0 Å². The third kappa shape index (κ3) is 7.96. The van der Waals surface area contributed by atoms with E-state index in [4.69, 9.17) is 10.5 Å². The number of unbranched alkanes of at least 4 members (excludes halogenated alkanes) is 3. The lowest BCUT2D eigenvalue weighted by Gasteiger charge is -2.02. The van der Waals surface area contributed by atoms with Crippen molar-refractivity contribution in [2.24, 2.45) is 5.73 Å². The molecule has 0 bridgehead atoms. The van der Waals surface area contributed by atoms with Gasteiger partial charge in [-0.25, -0.2) is 4.79 Å². The summed E-state index contributed by atoms with van der Waals surface area (Å²) in [5, 5.41) is 0. The Morgan fingerprint density at radius 1 is 1.06 bits per heavy atom. The van der Waals surface area contributed by atoms with E-state index in [1.165, 1.54) is 0 Å². The predicted octanol–water partition coefficient (Wildman–Crippen LogP) is 0.944. The van der Waals surface area contributed by atoms with E-state index < -0.39 is 17.7 Å². The van der Waals surface area contributed by atoms with Gasteiger partial charge >= 0.3 is 5.97 Å². The molecule has 0 aliphatic heterocycles. The number of Topliss-reactive ketones (excluding diaryl/α,β-unsaturated/α-hetero) is 1. The van der Waals surface area contributed by atoms with Crippen LogP contribution in [-0.2, 0) is 19.1 Å². The highest BCUT2D eigenvalue weighted by atomic mass is 16.5. The average Bonchev–Trinajstić information content (AvgIpc) is 2.25. The molecule has 0 aromatic heterocycles. The van der Waals surface area contributed by atoms with Crippen LogP contribution < -0.4 is 5.73 Å². The van der Waals surface area contributed by atoms with E-state index in [9.17, 15) is 14.4 Å². The van der Waals surface area contributed by atoms with Crippen LogP contribution in [0.2, 0.25) is 0 Å². The fourth-order valence-electron chi connectivity index (χ4n) is 1.11. The van der Waals surface area contributed by atoms with E-state index in [1.807, 2.05) is 0 Å². The Morgan fingerprint density at radius 3 is 2.31 bits per heavy atom. The number of rotatable bonds is 9. The summed E-state index contributed by atoms with van der Waals surface area (Å²) in [5.41, 5.74) is 4.85. The first kappa shape index (κ1) is 14.6. The normalized spacial score (nSPS) is 9.81.